The summed E-state index contributed by atoms with van der Waals surface area (Å²) in [6.07, 6.45) is 5.15. The maximum atomic E-state index is 10.3. The van der Waals surface area contributed by atoms with Gasteiger partial charge in [0.25, 0.3) is 0 Å². The van der Waals surface area contributed by atoms with Crippen molar-refractivity contribution in [3.8, 4) is 17.2 Å². The number of aromatic nitrogens is 4. The highest BCUT2D eigenvalue weighted by Gasteiger charge is 2.11. The number of benzene rings is 2. The van der Waals surface area contributed by atoms with E-state index in [2.05, 4.69) is 62.7 Å². The zero-order valence-electron chi connectivity index (χ0n) is 23.2. The fourth-order valence-electron chi connectivity index (χ4n) is 3.40. The normalized spacial score (nSPS) is 10.5. The van der Waals surface area contributed by atoms with Crippen LogP contribution in [0.25, 0.3) is 16.7 Å². The van der Waals surface area contributed by atoms with Crippen LogP contribution in [-0.2, 0) is 0 Å². The van der Waals surface area contributed by atoms with E-state index in [9.17, 15) is 10.1 Å². The van der Waals surface area contributed by atoms with Crippen molar-refractivity contribution in [1.29, 1.82) is 0 Å². The summed E-state index contributed by atoms with van der Waals surface area (Å²) < 4.78 is 14.9. The third kappa shape index (κ3) is 10.1. The number of halogens is 3. The van der Waals surface area contributed by atoms with Crippen LogP contribution in [0.5, 0.6) is 11.5 Å². The number of hydrogen-bond donors (Lipinski definition) is 1. The van der Waals surface area contributed by atoms with E-state index in [0.717, 1.165) is 38.5 Å². The van der Waals surface area contributed by atoms with Crippen LogP contribution >= 0.6 is 47.8 Å². The molecule has 0 aliphatic heterocycles. The van der Waals surface area contributed by atoms with E-state index >= 15 is 0 Å². The minimum absolute atomic E-state index is 0.0341. The van der Waals surface area contributed by atoms with Crippen molar-refractivity contribution < 1.29 is 14.4 Å². The topological polar surface area (TPSA) is 131 Å². The Morgan fingerprint density at radius 3 is 1.86 bits per heavy atom. The number of ether oxygens (including phenoxy) is 2. The molecule has 0 spiro atoms. The molecule has 0 aliphatic carbocycles. The summed E-state index contributed by atoms with van der Waals surface area (Å²) in [5.41, 5.74) is 9.16. The number of imidazole rings is 1. The van der Waals surface area contributed by atoms with Gasteiger partial charge < -0.3 is 15.2 Å². The van der Waals surface area contributed by atoms with E-state index in [1.54, 1.807) is 12.5 Å². The van der Waals surface area contributed by atoms with Crippen LogP contribution in [-0.4, -0.2) is 36.7 Å². The molecule has 0 bridgehead atoms. The van der Waals surface area contributed by atoms with E-state index in [4.69, 9.17) is 15.2 Å². The average Bonchev–Trinajstić information content (AvgIpc) is 3.33. The smallest absolute Gasteiger partial charge is 0.301 e. The molecule has 0 saturated carbocycles. The quantitative estimate of drug-likeness (QED) is 0.0788. The molecule has 42 heavy (non-hydrogen) atoms. The molecular formula is C29H29Br3N6O4. The van der Waals surface area contributed by atoms with Crippen LogP contribution in [0.2, 0.25) is 0 Å². The van der Waals surface area contributed by atoms with Crippen LogP contribution < -0.4 is 15.2 Å². The van der Waals surface area contributed by atoms with Gasteiger partial charge in [0.15, 0.2) is 0 Å². The Morgan fingerprint density at radius 2 is 1.33 bits per heavy atom. The van der Waals surface area contributed by atoms with Crippen LogP contribution in [0.4, 0.5) is 11.4 Å². The Labute approximate surface area is 268 Å². The molecule has 0 fully saturated rings. The van der Waals surface area contributed by atoms with Crippen molar-refractivity contribution >= 4 is 70.2 Å². The molecule has 0 amide bonds. The van der Waals surface area contributed by atoms with E-state index in [1.165, 1.54) is 12.3 Å². The van der Waals surface area contributed by atoms with Gasteiger partial charge in [-0.25, -0.2) is 15.0 Å². The predicted molar refractivity (Wildman–Crippen MR) is 175 cm³/mol. The second-order valence-corrected chi connectivity index (χ2v) is 11.7. The lowest BCUT2D eigenvalue weighted by molar-refractivity contribution is -0.386. The van der Waals surface area contributed by atoms with Crippen molar-refractivity contribution in [3.05, 3.63) is 103 Å². The maximum Gasteiger partial charge on any atom is 0.301 e. The van der Waals surface area contributed by atoms with Crippen LogP contribution in [0.15, 0.2) is 93.1 Å². The SMILES string of the molecule is CC(C)Oc1ccc(-n2cnc3cnc(Br)cc32)cc1.CC(C)Oc1ccc(N)cc1.O=[N+]([O-])c1cnc(Br)cc1Br. The lowest BCUT2D eigenvalue weighted by Gasteiger charge is -2.10. The van der Waals surface area contributed by atoms with Crippen LogP contribution in [0, 0.1) is 10.1 Å². The molecule has 10 nitrogen and oxygen atoms in total. The van der Waals surface area contributed by atoms with E-state index in [0.29, 0.717) is 9.08 Å². The Hall–Kier alpha value is -3.55. The summed E-state index contributed by atoms with van der Waals surface area (Å²) in [4.78, 5) is 22.0. The van der Waals surface area contributed by atoms with Gasteiger partial charge in [-0.3, -0.25) is 14.7 Å². The van der Waals surface area contributed by atoms with Gasteiger partial charge in [-0.05, 0) is 136 Å². The first-order valence-corrected chi connectivity index (χ1v) is 15.0. The molecule has 5 aromatic rings. The molecule has 0 unspecified atom stereocenters. The van der Waals surface area contributed by atoms with Crippen molar-refractivity contribution in [2.24, 2.45) is 0 Å². The van der Waals surface area contributed by atoms with Crippen molar-refractivity contribution in [2.45, 2.75) is 39.9 Å². The highest BCUT2D eigenvalue weighted by Crippen LogP contribution is 2.25. The monoisotopic (exact) mass is 762 g/mol. The molecule has 3 aromatic heterocycles. The summed E-state index contributed by atoms with van der Waals surface area (Å²) in [7, 11) is 0. The van der Waals surface area contributed by atoms with Gasteiger partial charge in [0.05, 0.1) is 33.3 Å². The Bertz CT molecular complexity index is 1610. The molecule has 13 heteroatoms. The first-order chi connectivity index (χ1) is 19.9. The first kappa shape index (κ1) is 33.0. The largest absolute Gasteiger partial charge is 0.491 e. The lowest BCUT2D eigenvalue weighted by atomic mass is 10.3. The molecule has 5 rings (SSSR count). The highest BCUT2D eigenvalue weighted by molar-refractivity contribution is 9.11. The number of nitrogen functional groups attached to an aromatic ring is 1. The summed E-state index contributed by atoms with van der Waals surface area (Å²) in [6, 6.07) is 18.9. The third-order valence-electron chi connectivity index (χ3n) is 5.14. The minimum atomic E-state index is -0.497. The summed E-state index contributed by atoms with van der Waals surface area (Å²) >= 11 is 9.51. The van der Waals surface area contributed by atoms with Gasteiger partial charge in [-0.15, -0.1) is 0 Å². The molecule has 0 aliphatic rings. The second kappa shape index (κ2) is 15.6. The van der Waals surface area contributed by atoms with E-state index in [-0.39, 0.29) is 17.9 Å². The zero-order valence-corrected chi connectivity index (χ0v) is 28.0. The summed E-state index contributed by atoms with van der Waals surface area (Å²) in [5.74, 6) is 1.74. The Balaban J connectivity index is 0.000000188. The molecule has 2 aromatic carbocycles. The number of rotatable bonds is 6. The molecule has 0 radical (unpaired) electrons. The minimum Gasteiger partial charge on any atom is -0.491 e. The number of nitrogens with zero attached hydrogens (tertiary/aromatic N) is 5. The highest BCUT2D eigenvalue weighted by atomic mass is 79.9. The predicted octanol–water partition coefficient (Wildman–Crippen LogP) is 8.54. The number of pyridine rings is 2. The van der Waals surface area contributed by atoms with E-state index < -0.39 is 4.92 Å². The zero-order chi connectivity index (χ0) is 30.8. The number of fused-ring (bicyclic) bond motifs is 1. The molecular weight excluding hydrogens is 736 g/mol. The second-order valence-electron chi connectivity index (χ2n) is 9.22. The van der Waals surface area contributed by atoms with Crippen LogP contribution in [0.1, 0.15) is 27.7 Å². The number of hydrogen-bond acceptors (Lipinski definition) is 8. The van der Waals surface area contributed by atoms with E-state index in [1.807, 2.05) is 86.9 Å². The van der Waals surface area contributed by atoms with Crippen molar-refractivity contribution in [1.82, 2.24) is 19.5 Å². The van der Waals surface area contributed by atoms with Gasteiger partial charge >= 0.3 is 5.69 Å². The fourth-order valence-corrected chi connectivity index (χ4v) is 4.83. The summed E-state index contributed by atoms with van der Waals surface area (Å²) in [6.45, 7) is 8.02. The molecule has 0 atom stereocenters. The fraction of sp³-hybridized carbons (Fsp3) is 0.207. The first-order valence-electron chi connectivity index (χ1n) is 12.7. The Kier molecular flexibility index (Phi) is 12.3. The molecule has 220 valence electrons. The van der Waals surface area contributed by atoms with Gasteiger partial charge in [-0.1, -0.05) is 0 Å². The van der Waals surface area contributed by atoms with Gasteiger partial charge in [0.2, 0.25) is 0 Å². The number of nitrogens with two attached hydrogens (primary N) is 1. The van der Waals surface area contributed by atoms with Gasteiger partial charge in [0.1, 0.15) is 38.7 Å². The molecule has 3 heterocycles. The van der Waals surface area contributed by atoms with Crippen molar-refractivity contribution in [3.63, 3.8) is 0 Å². The van der Waals surface area contributed by atoms with Crippen molar-refractivity contribution in [2.75, 3.05) is 5.73 Å². The number of nitro groups is 1. The maximum absolute atomic E-state index is 10.3. The van der Waals surface area contributed by atoms with Gasteiger partial charge in [-0.2, -0.15) is 0 Å². The third-order valence-corrected chi connectivity index (χ3v) is 6.64. The van der Waals surface area contributed by atoms with Crippen LogP contribution in [0.3, 0.4) is 0 Å². The molecule has 0 saturated heterocycles. The summed E-state index contributed by atoms with van der Waals surface area (Å²) in [5, 5.41) is 10.3. The van der Waals surface area contributed by atoms with Gasteiger partial charge in [0, 0.05) is 11.4 Å². The standard InChI is InChI=1S/C15H14BrN3O.C9H13NO.C5H2Br2N2O2/c1-10(2)20-12-5-3-11(4-6-12)19-9-18-13-8-17-15(16)7-14(13)19;1-7(2)11-9-5-3-8(10)4-6-9;6-3-1-5(7)8-2-4(3)9(10)11/h3-10H,1-2H3;3-7H,10H2,1-2H3;1-2H. The molecule has 2 N–H and O–H groups in total. The Morgan fingerprint density at radius 1 is 0.810 bits per heavy atom. The number of anilines is 1. The average molecular weight is 765 g/mol. The lowest BCUT2D eigenvalue weighted by Crippen LogP contribution is -2.05.